The van der Waals surface area contributed by atoms with Crippen LogP contribution in [0.1, 0.15) is 34.1 Å². The molecule has 0 unspecified atom stereocenters. The number of nitrogens with zero attached hydrogens (tertiary/aromatic N) is 1. The first-order valence-corrected chi connectivity index (χ1v) is 10.8. The van der Waals surface area contributed by atoms with E-state index in [0.29, 0.717) is 13.0 Å². The van der Waals surface area contributed by atoms with Gasteiger partial charge in [-0.1, -0.05) is 27.7 Å². The second kappa shape index (κ2) is 5.41. The number of rotatable bonds is 5. The first-order chi connectivity index (χ1) is 10.3. The van der Waals surface area contributed by atoms with Crippen molar-refractivity contribution in [2.24, 2.45) is 5.41 Å². The SMILES string of the molecule is CC(C)(C)[Si](C)(C)OC[C@@]1(C)C[C@]1(F)Cn1ccc(=O)[nH]c1=O. The van der Waals surface area contributed by atoms with Crippen LogP contribution in [0.15, 0.2) is 21.9 Å². The van der Waals surface area contributed by atoms with Gasteiger partial charge in [0, 0.05) is 24.3 Å². The Morgan fingerprint density at radius 2 is 2.00 bits per heavy atom. The lowest BCUT2D eigenvalue weighted by molar-refractivity contribution is 0.140. The molecule has 0 amide bonds. The van der Waals surface area contributed by atoms with Gasteiger partial charge in [-0.15, -0.1) is 0 Å². The molecule has 0 spiro atoms. The van der Waals surface area contributed by atoms with E-state index < -0.39 is 30.7 Å². The zero-order valence-corrected chi connectivity index (χ0v) is 15.8. The van der Waals surface area contributed by atoms with Crippen molar-refractivity contribution in [3.8, 4) is 0 Å². The third-order valence-corrected chi connectivity index (χ3v) is 9.98. The van der Waals surface area contributed by atoms with E-state index in [0.717, 1.165) is 0 Å². The molecule has 0 saturated heterocycles. The number of hydrogen-bond acceptors (Lipinski definition) is 3. The van der Waals surface area contributed by atoms with Crippen LogP contribution >= 0.6 is 0 Å². The van der Waals surface area contributed by atoms with Gasteiger partial charge in [-0.25, -0.2) is 9.18 Å². The quantitative estimate of drug-likeness (QED) is 0.837. The van der Waals surface area contributed by atoms with Gasteiger partial charge in [-0.05, 0) is 24.6 Å². The van der Waals surface area contributed by atoms with Gasteiger partial charge in [0.1, 0.15) is 5.67 Å². The molecule has 2 atom stereocenters. The Bertz CT molecular complexity index is 706. The van der Waals surface area contributed by atoms with Crippen LogP contribution in [0.5, 0.6) is 0 Å². The summed E-state index contributed by atoms with van der Waals surface area (Å²) in [7, 11) is -1.93. The molecule has 1 saturated carbocycles. The predicted octanol–water partition coefficient (Wildman–Crippen LogP) is 2.68. The van der Waals surface area contributed by atoms with E-state index in [1.165, 1.54) is 16.8 Å². The number of alkyl halides is 1. The van der Waals surface area contributed by atoms with Gasteiger partial charge in [0.2, 0.25) is 0 Å². The number of aromatic amines is 1. The molecule has 1 N–H and O–H groups in total. The molecular weight excluding hydrogens is 315 g/mol. The highest BCUT2D eigenvalue weighted by atomic mass is 28.4. The van der Waals surface area contributed by atoms with Gasteiger partial charge in [0.05, 0.1) is 6.54 Å². The van der Waals surface area contributed by atoms with Gasteiger partial charge in [-0.3, -0.25) is 14.3 Å². The largest absolute Gasteiger partial charge is 0.416 e. The van der Waals surface area contributed by atoms with Crippen LogP contribution in [0.25, 0.3) is 0 Å². The molecule has 0 bridgehead atoms. The predicted molar refractivity (Wildman–Crippen MR) is 91.0 cm³/mol. The van der Waals surface area contributed by atoms with Crippen LogP contribution in [0.2, 0.25) is 18.1 Å². The Labute approximate surface area is 137 Å². The normalized spacial score (nSPS) is 28.0. The molecule has 7 heteroatoms. The first kappa shape index (κ1) is 18.1. The fraction of sp³-hybridized carbons (Fsp3) is 0.750. The lowest BCUT2D eigenvalue weighted by Crippen LogP contribution is -2.43. The third-order valence-electron chi connectivity index (χ3n) is 5.50. The standard InChI is InChI=1S/C16H27FN2O3Si/c1-14(2,3)23(5,6)22-11-15(4)9-16(15,17)10-19-8-7-12(20)18-13(19)21/h7-8H,9-11H2,1-6H3,(H,18,20,21)/t15-,16+/m1/s1. The highest BCUT2D eigenvalue weighted by molar-refractivity contribution is 6.74. The average molecular weight is 342 g/mol. The summed E-state index contributed by atoms with van der Waals surface area (Å²) in [5, 5.41) is 0.0765. The van der Waals surface area contributed by atoms with E-state index in [1.807, 2.05) is 6.92 Å². The van der Waals surface area contributed by atoms with Gasteiger partial charge < -0.3 is 4.43 Å². The van der Waals surface area contributed by atoms with Crippen molar-refractivity contribution < 1.29 is 8.82 Å². The third kappa shape index (κ3) is 3.50. The van der Waals surface area contributed by atoms with Crippen LogP contribution in [0, 0.1) is 5.41 Å². The van der Waals surface area contributed by atoms with Crippen LogP contribution < -0.4 is 11.2 Å². The summed E-state index contributed by atoms with van der Waals surface area (Å²) in [6.45, 7) is 12.9. The Morgan fingerprint density at radius 1 is 1.39 bits per heavy atom. The summed E-state index contributed by atoms with van der Waals surface area (Å²) >= 11 is 0. The van der Waals surface area contributed by atoms with Crippen molar-refractivity contribution in [3.05, 3.63) is 33.1 Å². The van der Waals surface area contributed by atoms with E-state index in [1.54, 1.807) is 0 Å². The number of aromatic nitrogens is 2. The molecule has 0 radical (unpaired) electrons. The molecule has 23 heavy (non-hydrogen) atoms. The highest BCUT2D eigenvalue weighted by Gasteiger charge is 2.66. The number of hydrogen-bond donors (Lipinski definition) is 1. The second-order valence-corrected chi connectivity index (χ2v) is 13.3. The van der Waals surface area contributed by atoms with Gasteiger partial charge in [-0.2, -0.15) is 0 Å². The average Bonchev–Trinajstić information content (AvgIpc) is 2.92. The second-order valence-electron chi connectivity index (χ2n) is 8.49. The van der Waals surface area contributed by atoms with Gasteiger partial charge >= 0.3 is 5.69 Å². The Kier molecular flexibility index (Phi) is 4.26. The maximum atomic E-state index is 15.1. The fourth-order valence-electron chi connectivity index (χ4n) is 2.40. The van der Waals surface area contributed by atoms with Crippen molar-refractivity contribution in [3.63, 3.8) is 0 Å². The number of H-pyrrole nitrogens is 1. The Morgan fingerprint density at radius 3 is 2.52 bits per heavy atom. The number of halogens is 1. The minimum absolute atomic E-state index is 0.0556. The van der Waals surface area contributed by atoms with Crippen LogP contribution in [0.3, 0.4) is 0 Å². The molecule has 1 aliphatic carbocycles. The maximum Gasteiger partial charge on any atom is 0.328 e. The molecule has 1 fully saturated rings. The van der Waals surface area contributed by atoms with Crippen LogP contribution in [-0.2, 0) is 11.0 Å². The fourth-order valence-corrected chi connectivity index (χ4v) is 3.51. The Balaban J connectivity index is 2.06. The van der Waals surface area contributed by atoms with E-state index in [9.17, 15) is 9.59 Å². The summed E-state index contributed by atoms with van der Waals surface area (Å²) in [5.41, 5.74) is -3.11. The van der Waals surface area contributed by atoms with Crippen molar-refractivity contribution in [2.45, 2.75) is 64.5 Å². The van der Waals surface area contributed by atoms with Crippen molar-refractivity contribution in [2.75, 3.05) is 6.61 Å². The zero-order valence-electron chi connectivity index (χ0n) is 14.8. The first-order valence-electron chi connectivity index (χ1n) is 7.92. The summed E-state index contributed by atoms with van der Waals surface area (Å²) in [4.78, 5) is 25.0. The van der Waals surface area contributed by atoms with E-state index in [2.05, 4.69) is 38.8 Å². The van der Waals surface area contributed by atoms with E-state index in [-0.39, 0.29) is 11.6 Å². The maximum absolute atomic E-state index is 15.1. The summed E-state index contributed by atoms with van der Waals surface area (Å²) < 4.78 is 22.4. The number of nitrogens with one attached hydrogen (secondary N) is 1. The molecule has 0 aliphatic heterocycles. The molecule has 0 aromatic carbocycles. The molecule has 2 rings (SSSR count). The van der Waals surface area contributed by atoms with Crippen molar-refractivity contribution in [1.82, 2.24) is 9.55 Å². The summed E-state index contributed by atoms with van der Waals surface area (Å²) in [5.74, 6) is 0. The molecule has 1 heterocycles. The molecule has 1 aliphatic rings. The minimum Gasteiger partial charge on any atom is -0.416 e. The zero-order chi connectivity index (χ0) is 17.7. The summed E-state index contributed by atoms with van der Waals surface area (Å²) in [6.07, 6.45) is 1.70. The Hall–Kier alpha value is -1.21. The van der Waals surface area contributed by atoms with Crippen molar-refractivity contribution in [1.29, 1.82) is 0 Å². The molecule has 130 valence electrons. The van der Waals surface area contributed by atoms with Gasteiger partial charge in [0.15, 0.2) is 8.32 Å². The minimum atomic E-state index is -1.93. The van der Waals surface area contributed by atoms with E-state index in [4.69, 9.17) is 4.43 Å². The summed E-state index contributed by atoms with van der Waals surface area (Å²) in [6, 6.07) is 1.23. The van der Waals surface area contributed by atoms with Gasteiger partial charge in [0.25, 0.3) is 5.56 Å². The monoisotopic (exact) mass is 342 g/mol. The molecular formula is C16H27FN2O3Si. The lowest BCUT2D eigenvalue weighted by Gasteiger charge is -2.37. The van der Waals surface area contributed by atoms with Crippen molar-refractivity contribution >= 4 is 8.32 Å². The topological polar surface area (TPSA) is 64.1 Å². The van der Waals surface area contributed by atoms with Crippen LogP contribution in [-0.4, -0.2) is 30.1 Å². The lowest BCUT2D eigenvalue weighted by atomic mass is 10.1. The van der Waals surface area contributed by atoms with Crippen LogP contribution in [0.4, 0.5) is 4.39 Å². The van der Waals surface area contributed by atoms with E-state index >= 15 is 4.39 Å². The smallest absolute Gasteiger partial charge is 0.328 e. The molecule has 5 nitrogen and oxygen atoms in total. The molecule has 1 aromatic rings. The molecule has 1 aromatic heterocycles. The highest BCUT2D eigenvalue weighted by Crippen LogP contribution is 2.60.